The van der Waals surface area contributed by atoms with Crippen LogP contribution in [-0.2, 0) is 16.5 Å². The number of fused-ring (bicyclic) bond motifs is 1. The third-order valence-corrected chi connectivity index (χ3v) is 6.18. The Hall–Kier alpha value is -1.39. The SMILES string of the molecule is CCCCCCCCCCCCCc1cccc2cccc(S(=O)(=O)O)c12. The average molecular weight is 391 g/mol. The van der Waals surface area contributed by atoms with E-state index >= 15 is 0 Å². The molecular formula is C23H34O3S. The van der Waals surface area contributed by atoms with E-state index in [0.717, 1.165) is 23.8 Å². The van der Waals surface area contributed by atoms with E-state index in [9.17, 15) is 13.0 Å². The van der Waals surface area contributed by atoms with Crippen molar-refractivity contribution in [3.63, 3.8) is 0 Å². The molecule has 1 N–H and O–H groups in total. The van der Waals surface area contributed by atoms with Crippen molar-refractivity contribution < 1.29 is 13.0 Å². The van der Waals surface area contributed by atoms with Crippen molar-refractivity contribution >= 4 is 20.9 Å². The lowest BCUT2D eigenvalue weighted by atomic mass is 9.99. The van der Waals surface area contributed by atoms with Crippen LogP contribution in [0.25, 0.3) is 10.8 Å². The normalized spacial score (nSPS) is 11.9. The lowest BCUT2D eigenvalue weighted by Gasteiger charge is -2.10. The predicted molar refractivity (Wildman–Crippen MR) is 114 cm³/mol. The van der Waals surface area contributed by atoms with Crippen molar-refractivity contribution in [2.24, 2.45) is 0 Å². The second kappa shape index (κ2) is 11.5. The number of hydrogen-bond acceptors (Lipinski definition) is 2. The van der Waals surface area contributed by atoms with Crippen molar-refractivity contribution in [3.8, 4) is 0 Å². The monoisotopic (exact) mass is 390 g/mol. The van der Waals surface area contributed by atoms with E-state index in [1.165, 1.54) is 70.3 Å². The number of rotatable bonds is 13. The summed E-state index contributed by atoms with van der Waals surface area (Å²) in [6, 6.07) is 10.9. The molecular weight excluding hydrogens is 356 g/mol. The molecule has 2 rings (SSSR count). The summed E-state index contributed by atoms with van der Waals surface area (Å²) in [7, 11) is -4.21. The minimum Gasteiger partial charge on any atom is -0.282 e. The lowest BCUT2D eigenvalue weighted by molar-refractivity contribution is 0.484. The maximum atomic E-state index is 11.7. The smallest absolute Gasteiger partial charge is 0.282 e. The summed E-state index contributed by atoms with van der Waals surface area (Å²) in [4.78, 5) is 0.0265. The molecule has 0 amide bonds. The minimum atomic E-state index is -4.21. The van der Waals surface area contributed by atoms with Crippen molar-refractivity contribution in [2.45, 2.75) is 88.9 Å². The van der Waals surface area contributed by atoms with Gasteiger partial charge in [0.15, 0.2) is 0 Å². The summed E-state index contributed by atoms with van der Waals surface area (Å²) in [5.74, 6) is 0. The Kier molecular flexibility index (Phi) is 9.29. The van der Waals surface area contributed by atoms with Gasteiger partial charge >= 0.3 is 0 Å². The van der Waals surface area contributed by atoms with Crippen molar-refractivity contribution in [2.75, 3.05) is 0 Å². The van der Waals surface area contributed by atoms with Gasteiger partial charge in [-0.1, -0.05) is 101 Å². The molecule has 0 atom stereocenters. The summed E-state index contributed by atoms with van der Waals surface area (Å²) in [6.45, 7) is 2.25. The fraction of sp³-hybridized carbons (Fsp3) is 0.565. The second-order valence-corrected chi connectivity index (χ2v) is 8.92. The zero-order valence-electron chi connectivity index (χ0n) is 16.6. The molecule has 0 spiro atoms. The maximum Gasteiger partial charge on any atom is 0.295 e. The lowest BCUT2D eigenvalue weighted by Crippen LogP contribution is -2.01. The largest absolute Gasteiger partial charge is 0.295 e. The second-order valence-electron chi connectivity index (χ2n) is 7.53. The Balaban J connectivity index is 1.78. The highest BCUT2D eigenvalue weighted by atomic mass is 32.2. The van der Waals surface area contributed by atoms with Crippen LogP contribution in [0.3, 0.4) is 0 Å². The Morgan fingerprint density at radius 2 is 1.26 bits per heavy atom. The average Bonchev–Trinajstić information content (AvgIpc) is 2.65. The van der Waals surface area contributed by atoms with Crippen LogP contribution < -0.4 is 0 Å². The van der Waals surface area contributed by atoms with Crippen LogP contribution >= 0.6 is 0 Å². The minimum absolute atomic E-state index is 0.0265. The van der Waals surface area contributed by atoms with Gasteiger partial charge in [-0.25, -0.2) is 0 Å². The first-order chi connectivity index (χ1) is 13.0. The summed E-state index contributed by atoms with van der Waals surface area (Å²) < 4.78 is 33.0. The molecule has 0 radical (unpaired) electrons. The molecule has 0 unspecified atom stereocenters. The topological polar surface area (TPSA) is 54.4 Å². The summed E-state index contributed by atoms with van der Waals surface area (Å²) in [6.07, 6.45) is 15.1. The van der Waals surface area contributed by atoms with Gasteiger partial charge in [-0.15, -0.1) is 0 Å². The van der Waals surface area contributed by atoms with E-state index < -0.39 is 10.1 Å². The highest BCUT2D eigenvalue weighted by Crippen LogP contribution is 2.27. The van der Waals surface area contributed by atoms with Crippen LogP contribution in [0.2, 0.25) is 0 Å². The maximum absolute atomic E-state index is 11.7. The van der Waals surface area contributed by atoms with Crippen LogP contribution in [0.5, 0.6) is 0 Å². The Labute approximate surface area is 164 Å². The van der Waals surface area contributed by atoms with Gasteiger partial charge in [0.2, 0.25) is 0 Å². The van der Waals surface area contributed by atoms with Gasteiger partial charge in [0.1, 0.15) is 4.90 Å². The molecule has 0 heterocycles. The number of benzene rings is 2. The molecule has 0 aliphatic heterocycles. The van der Waals surface area contributed by atoms with Crippen LogP contribution in [0.1, 0.15) is 83.1 Å². The quantitative estimate of drug-likeness (QED) is 0.298. The Morgan fingerprint density at radius 3 is 1.81 bits per heavy atom. The first-order valence-corrected chi connectivity index (χ1v) is 12.0. The zero-order chi connectivity index (χ0) is 19.5. The number of aryl methyl sites for hydroxylation is 1. The predicted octanol–water partition coefficient (Wildman–Crippen LogP) is 6.94. The number of hydrogen-bond donors (Lipinski definition) is 1. The van der Waals surface area contributed by atoms with Crippen LogP contribution in [-0.4, -0.2) is 13.0 Å². The van der Waals surface area contributed by atoms with Gasteiger partial charge in [-0.3, -0.25) is 4.55 Å². The fourth-order valence-corrected chi connectivity index (χ4v) is 4.54. The van der Waals surface area contributed by atoms with Gasteiger partial charge in [-0.05, 0) is 29.9 Å². The molecule has 2 aromatic rings. The highest BCUT2D eigenvalue weighted by molar-refractivity contribution is 7.86. The van der Waals surface area contributed by atoms with Gasteiger partial charge < -0.3 is 0 Å². The molecule has 4 heteroatoms. The Morgan fingerprint density at radius 1 is 0.741 bits per heavy atom. The molecule has 3 nitrogen and oxygen atoms in total. The molecule has 0 aromatic heterocycles. The highest BCUT2D eigenvalue weighted by Gasteiger charge is 2.16. The van der Waals surface area contributed by atoms with Crippen LogP contribution in [0.15, 0.2) is 41.3 Å². The fourth-order valence-electron chi connectivity index (χ4n) is 3.78. The van der Waals surface area contributed by atoms with E-state index in [2.05, 4.69) is 6.92 Å². The van der Waals surface area contributed by atoms with Crippen LogP contribution in [0, 0.1) is 0 Å². The van der Waals surface area contributed by atoms with E-state index in [1.807, 2.05) is 24.3 Å². The standard InChI is InChI=1S/C23H34O3S/c1-2-3-4-5-6-7-8-9-10-11-12-15-20-16-13-17-21-18-14-19-22(23(20)21)27(24,25)26/h13-14,16-19H,2-12,15H2,1H3,(H,24,25,26). The molecule has 2 aromatic carbocycles. The first-order valence-electron chi connectivity index (χ1n) is 10.5. The molecule has 150 valence electrons. The number of unbranched alkanes of at least 4 members (excludes halogenated alkanes) is 10. The van der Waals surface area contributed by atoms with Crippen molar-refractivity contribution in [1.82, 2.24) is 0 Å². The van der Waals surface area contributed by atoms with Gasteiger partial charge in [0, 0.05) is 5.39 Å². The van der Waals surface area contributed by atoms with Crippen molar-refractivity contribution in [3.05, 3.63) is 42.0 Å². The zero-order valence-corrected chi connectivity index (χ0v) is 17.4. The van der Waals surface area contributed by atoms with Crippen molar-refractivity contribution in [1.29, 1.82) is 0 Å². The molecule has 0 saturated heterocycles. The molecule has 0 aliphatic rings. The molecule has 0 bridgehead atoms. The van der Waals surface area contributed by atoms with Gasteiger partial charge in [0.05, 0.1) is 0 Å². The van der Waals surface area contributed by atoms with E-state index in [0.29, 0.717) is 5.39 Å². The van der Waals surface area contributed by atoms with E-state index in [1.54, 1.807) is 6.07 Å². The Bertz CT molecular complexity index is 791. The molecule has 0 saturated carbocycles. The first kappa shape index (κ1) is 21.9. The third-order valence-electron chi connectivity index (χ3n) is 5.28. The summed E-state index contributed by atoms with van der Waals surface area (Å²) in [5.41, 5.74) is 1.01. The molecule has 27 heavy (non-hydrogen) atoms. The van der Waals surface area contributed by atoms with E-state index in [4.69, 9.17) is 0 Å². The van der Waals surface area contributed by atoms with Crippen LogP contribution in [0.4, 0.5) is 0 Å². The molecule has 0 aliphatic carbocycles. The van der Waals surface area contributed by atoms with E-state index in [-0.39, 0.29) is 4.90 Å². The summed E-state index contributed by atoms with van der Waals surface area (Å²) >= 11 is 0. The molecule has 0 fully saturated rings. The summed E-state index contributed by atoms with van der Waals surface area (Å²) in [5, 5.41) is 1.54. The van der Waals surface area contributed by atoms with Gasteiger partial charge in [-0.2, -0.15) is 8.42 Å². The third kappa shape index (κ3) is 7.27. The van der Waals surface area contributed by atoms with Gasteiger partial charge in [0.25, 0.3) is 10.1 Å².